The van der Waals surface area contributed by atoms with E-state index in [9.17, 15) is 14.9 Å². The second-order valence-corrected chi connectivity index (χ2v) is 7.13. The predicted molar refractivity (Wildman–Crippen MR) is 108 cm³/mol. The van der Waals surface area contributed by atoms with Gasteiger partial charge in [0.2, 0.25) is 0 Å². The highest BCUT2D eigenvalue weighted by Gasteiger charge is 2.31. The van der Waals surface area contributed by atoms with Gasteiger partial charge in [0, 0.05) is 25.2 Å². The highest BCUT2D eigenvalue weighted by atomic mass is 35.5. The van der Waals surface area contributed by atoms with Crippen LogP contribution in [0.2, 0.25) is 0 Å². The number of hydrogen-bond donors (Lipinski definition) is 1. The summed E-state index contributed by atoms with van der Waals surface area (Å²) in [5.74, 6) is 1.09. The molecule has 156 valence electrons. The smallest absolute Gasteiger partial charge is 0.286 e. The third-order valence-electron chi connectivity index (χ3n) is 5.18. The van der Waals surface area contributed by atoms with Crippen molar-refractivity contribution in [2.24, 2.45) is 5.92 Å². The lowest BCUT2D eigenvalue weighted by molar-refractivity contribution is -0.385. The fourth-order valence-electron chi connectivity index (χ4n) is 3.41. The van der Waals surface area contributed by atoms with Gasteiger partial charge in [0.15, 0.2) is 11.5 Å². The summed E-state index contributed by atoms with van der Waals surface area (Å²) in [6.07, 6.45) is 4.35. The average molecular weight is 414 g/mol. The van der Waals surface area contributed by atoms with Gasteiger partial charge in [-0.25, -0.2) is 0 Å². The van der Waals surface area contributed by atoms with Gasteiger partial charge in [0.05, 0.1) is 24.7 Å². The molecule has 1 aromatic rings. The summed E-state index contributed by atoms with van der Waals surface area (Å²) in [4.78, 5) is 25.6. The maximum Gasteiger partial charge on any atom is 0.286 e. The first kappa shape index (κ1) is 22.2. The third-order valence-corrected chi connectivity index (χ3v) is 5.18. The van der Waals surface area contributed by atoms with Gasteiger partial charge in [-0.15, -0.1) is 12.4 Å². The summed E-state index contributed by atoms with van der Waals surface area (Å²) in [5.41, 5.74) is -0.206. The standard InChI is InChI=1S/C19H27N3O5.ClH/c1-3-27-18-11-16(22(24)25)15(10-17(18)26-2)19(23)21-8-6-14(7-9-21)20-12-13-4-5-13;/h10-11,13-14,20H,3-9,12H2,1-2H3;1H. The van der Waals surface area contributed by atoms with Gasteiger partial charge < -0.3 is 19.7 Å². The van der Waals surface area contributed by atoms with Crippen molar-refractivity contribution in [1.29, 1.82) is 0 Å². The van der Waals surface area contributed by atoms with Crippen molar-refractivity contribution in [3.8, 4) is 11.5 Å². The number of amides is 1. The van der Waals surface area contributed by atoms with Crippen LogP contribution in [0.25, 0.3) is 0 Å². The first-order valence-electron chi connectivity index (χ1n) is 9.55. The fourth-order valence-corrected chi connectivity index (χ4v) is 3.41. The number of carbonyl (C=O) groups excluding carboxylic acids is 1. The molecule has 1 aliphatic heterocycles. The molecule has 0 radical (unpaired) electrons. The van der Waals surface area contributed by atoms with Gasteiger partial charge in [0.1, 0.15) is 5.56 Å². The lowest BCUT2D eigenvalue weighted by atomic mass is 10.0. The van der Waals surface area contributed by atoms with E-state index in [0.29, 0.717) is 31.5 Å². The van der Waals surface area contributed by atoms with Crippen LogP contribution < -0.4 is 14.8 Å². The summed E-state index contributed by atoms with van der Waals surface area (Å²) in [5, 5.41) is 15.1. The number of benzene rings is 1. The van der Waals surface area contributed by atoms with Crippen molar-refractivity contribution in [3.05, 3.63) is 27.8 Å². The lowest BCUT2D eigenvalue weighted by Crippen LogP contribution is -2.45. The Kier molecular flexibility index (Phi) is 7.88. The number of carbonyl (C=O) groups is 1. The van der Waals surface area contributed by atoms with Crippen LogP contribution in [0.4, 0.5) is 5.69 Å². The van der Waals surface area contributed by atoms with Crippen LogP contribution in [0, 0.1) is 16.0 Å². The number of methoxy groups -OCH3 is 1. The summed E-state index contributed by atoms with van der Waals surface area (Å²) in [6, 6.07) is 3.11. The molecule has 3 rings (SSSR count). The van der Waals surface area contributed by atoms with E-state index < -0.39 is 4.92 Å². The average Bonchev–Trinajstić information content (AvgIpc) is 3.50. The molecule has 1 N–H and O–H groups in total. The van der Waals surface area contributed by atoms with Crippen LogP contribution >= 0.6 is 12.4 Å². The van der Waals surface area contributed by atoms with E-state index in [1.54, 1.807) is 11.8 Å². The molecule has 1 heterocycles. The van der Waals surface area contributed by atoms with Crippen LogP contribution in [0.1, 0.15) is 43.0 Å². The van der Waals surface area contributed by atoms with Gasteiger partial charge in [0.25, 0.3) is 11.6 Å². The molecule has 0 unspecified atom stereocenters. The van der Waals surface area contributed by atoms with Crippen molar-refractivity contribution in [2.45, 2.75) is 38.6 Å². The Morgan fingerprint density at radius 3 is 2.46 bits per heavy atom. The molecule has 0 spiro atoms. The first-order chi connectivity index (χ1) is 13.0. The molecule has 0 aromatic heterocycles. The van der Waals surface area contributed by atoms with Crippen molar-refractivity contribution in [1.82, 2.24) is 10.2 Å². The highest BCUT2D eigenvalue weighted by molar-refractivity contribution is 5.99. The van der Waals surface area contributed by atoms with Crippen molar-refractivity contribution < 1.29 is 19.2 Å². The molecule has 28 heavy (non-hydrogen) atoms. The number of rotatable bonds is 8. The molecule has 8 nitrogen and oxygen atoms in total. The number of likely N-dealkylation sites (tertiary alicyclic amines) is 1. The van der Waals surface area contributed by atoms with Crippen molar-refractivity contribution in [3.63, 3.8) is 0 Å². The highest BCUT2D eigenvalue weighted by Crippen LogP contribution is 2.35. The van der Waals surface area contributed by atoms with Crippen molar-refractivity contribution >= 4 is 24.0 Å². The minimum atomic E-state index is -0.543. The van der Waals surface area contributed by atoms with E-state index >= 15 is 0 Å². The fraction of sp³-hybridized carbons (Fsp3) is 0.632. The summed E-state index contributed by atoms with van der Waals surface area (Å²) < 4.78 is 10.7. The second kappa shape index (κ2) is 9.93. The summed E-state index contributed by atoms with van der Waals surface area (Å²) in [7, 11) is 1.45. The quantitative estimate of drug-likeness (QED) is 0.520. The molecule has 2 fully saturated rings. The number of nitro benzene ring substituents is 1. The topological polar surface area (TPSA) is 93.9 Å². The SMILES string of the molecule is CCOc1cc([N+](=O)[O-])c(C(=O)N2CCC(NCC3CC3)CC2)cc1OC.Cl. The van der Waals surface area contributed by atoms with E-state index in [0.717, 1.165) is 25.3 Å². The number of ether oxygens (including phenoxy) is 2. The largest absolute Gasteiger partial charge is 0.493 e. The minimum absolute atomic E-state index is 0. The third kappa shape index (κ3) is 5.26. The minimum Gasteiger partial charge on any atom is -0.493 e. The van der Waals surface area contributed by atoms with Crippen LogP contribution in [0.15, 0.2) is 12.1 Å². The summed E-state index contributed by atoms with van der Waals surface area (Å²) in [6.45, 7) is 4.37. The van der Waals surface area contributed by atoms with E-state index in [2.05, 4.69) is 5.32 Å². The molecular formula is C19H28ClN3O5. The second-order valence-electron chi connectivity index (χ2n) is 7.13. The Balaban J connectivity index is 0.00000280. The van der Waals surface area contributed by atoms with Gasteiger partial charge in [-0.3, -0.25) is 14.9 Å². The van der Waals surface area contributed by atoms with Crippen LogP contribution in [-0.4, -0.2) is 55.1 Å². The maximum atomic E-state index is 12.9. The number of nitrogens with one attached hydrogen (secondary N) is 1. The maximum absolute atomic E-state index is 12.9. The molecule has 1 saturated carbocycles. The van der Waals surface area contributed by atoms with Gasteiger partial charge >= 0.3 is 0 Å². The molecule has 0 bridgehead atoms. The molecule has 1 amide bonds. The van der Waals surface area contributed by atoms with Crippen LogP contribution in [0.5, 0.6) is 11.5 Å². The molecular weight excluding hydrogens is 386 g/mol. The van der Waals surface area contributed by atoms with Crippen molar-refractivity contribution in [2.75, 3.05) is 33.4 Å². The van der Waals surface area contributed by atoms with E-state index in [-0.39, 0.29) is 35.3 Å². The molecule has 1 aromatic carbocycles. The molecule has 9 heteroatoms. The predicted octanol–water partition coefficient (Wildman–Crippen LogP) is 3.03. The van der Waals surface area contributed by atoms with E-state index in [1.807, 2.05) is 0 Å². The lowest BCUT2D eigenvalue weighted by Gasteiger charge is -2.32. The normalized spacial score (nSPS) is 17.0. The van der Waals surface area contributed by atoms with Gasteiger partial charge in [-0.2, -0.15) is 0 Å². The molecule has 2 aliphatic rings. The molecule has 1 aliphatic carbocycles. The Labute approximate surface area is 171 Å². The first-order valence-corrected chi connectivity index (χ1v) is 9.55. The monoisotopic (exact) mass is 413 g/mol. The number of hydrogen-bond acceptors (Lipinski definition) is 6. The molecule has 0 atom stereocenters. The van der Waals surface area contributed by atoms with E-state index in [4.69, 9.17) is 9.47 Å². The zero-order chi connectivity index (χ0) is 19.4. The Hall–Kier alpha value is -2.06. The Morgan fingerprint density at radius 2 is 1.93 bits per heavy atom. The Morgan fingerprint density at radius 1 is 1.25 bits per heavy atom. The van der Waals surface area contributed by atoms with Gasteiger partial charge in [-0.1, -0.05) is 0 Å². The summed E-state index contributed by atoms with van der Waals surface area (Å²) >= 11 is 0. The number of nitro groups is 1. The Bertz CT molecular complexity index is 703. The van der Waals surface area contributed by atoms with Crippen LogP contribution in [-0.2, 0) is 0 Å². The zero-order valence-electron chi connectivity index (χ0n) is 16.3. The zero-order valence-corrected chi connectivity index (χ0v) is 17.1. The van der Waals surface area contributed by atoms with Gasteiger partial charge in [-0.05, 0) is 45.1 Å². The number of halogens is 1. The van der Waals surface area contributed by atoms with E-state index in [1.165, 1.54) is 32.1 Å². The number of nitrogens with zero attached hydrogens (tertiary/aromatic N) is 2. The number of piperidine rings is 1. The molecule has 1 saturated heterocycles. The van der Waals surface area contributed by atoms with Crippen LogP contribution in [0.3, 0.4) is 0 Å².